The number of esters is 1. The largest absolute Gasteiger partial charge is 0.463 e. The van der Waals surface area contributed by atoms with Gasteiger partial charge in [-0.3, -0.25) is 14.4 Å². The number of benzene rings is 2. The van der Waals surface area contributed by atoms with Gasteiger partial charge in [-0.2, -0.15) is 0 Å². The highest BCUT2D eigenvalue weighted by atomic mass is 16.5. The van der Waals surface area contributed by atoms with Gasteiger partial charge in [0.2, 0.25) is 11.8 Å². The molecule has 0 saturated carbocycles. The highest BCUT2D eigenvalue weighted by Gasteiger charge is 2.26. The molecule has 2 aromatic carbocycles. The van der Waals surface area contributed by atoms with Crippen molar-refractivity contribution in [2.24, 2.45) is 11.8 Å². The predicted molar refractivity (Wildman–Crippen MR) is 155 cm³/mol. The number of aliphatic hydroxyl groups is 1. The minimum Gasteiger partial charge on any atom is -0.463 e. The number of aliphatic hydroxyl groups excluding tert-OH is 1. The minimum absolute atomic E-state index is 0.00288. The van der Waals surface area contributed by atoms with Crippen LogP contribution in [0.3, 0.4) is 0 Å². The normalized spacial score (nSPS) is 12.9. The molecule has 3 atom stereocenters. The van der Waals surface area contributed by atoms with E-state index in [9.17, 15) is 14.4 Å². The van der Waals surface area contributed by atoms with Crippen molar-refractivity contribution in [1.29, 1.82) is 0 Å². The number of carbonyl (C=O) groups is 3. The molecular formula is C32H42N2O6. The first-order chi connectivity index (χ1) is 19.5. The summed E-state index contributed by atoms with van der Waals surface area (Å²) in [5.74, 6) is -1.95. The van der Waals surface area contributed by atoms with Crippen LogP contribution in [-0.2, 0) is 36.7 Å². The van der Waals surface area contributed by atoms with Gasteiger partial charge in [0, 0.05) is 13.0 Å². The molecular weight excluding hydrogens is 508 g/mol. The van der Waals surface area contributed by atoms with Crippen molar-refractivity contribution in [1.82, 2.24) is 10.6 Å². The number of carbonyl (C=O) groups excluding carboxylic acids is 3. The molecule has 0 aliphatic carbocycles. The Balaban J connectivity index is 2.03. The topological polar surface area (TPSA) is 114 Å². The number of nitrogens with one attached hydrogen (secondary N) is 2. The number of ether oxygens (including phenoxy) is 2. The van der Waals surface area contributed by atoms with E-state index in [1.165, 1.54) is 0 Å². The van der Waals surface area contributed by atoms with Gasteiger partial charge >= 0.3 is 5.97 Å². The molecule has 0 fully saturated rings. The second kappa shape index (κ2) is 19.3. The van der Waals surface area contributed by atoms with E-state index >= 15 is 0 Å². The fraction of sp³-hybridized carbons (Fsp3) is 0.406. The second-order valence-electron chi connectivity index (χ2n) is 9.55. The van der Waals surface area contributed by atoms with Crippen molar-refractivity contribution in [3.63, 3.8) is 0 Å². The number of amides is 2. The van der Waals surface area contributed by atoms with E-state index in [0.29, 0.717) is 25.7 Å². The van der Waals surface area contributed by atoms with Gasteiger partial charge in [0.15, 0.2) is 0 Å². The van der Waals surface area contributed by atoms with Crippen molar-refractivity contribution in [2.75, 3.05) is 33.0 Å². The lowest BCUT2D eigenvalue weighted by Crippen LogP contribution is -2.44. The summed E-state index contributed by atoms with van der Waals surface area (Å²) in [6.07, 6.45) is 5.08. The molecule has 0 bridgehead atoms. The van der Waals surface area contributed by atoms with E-state index in [-0.39, 0.29) is 63.1 Å². The number of allylic oxidation sites excluding steroid dienone is 2. The molecule has 2 aromatic rings. The smallest absolute Gasteiger partial charge is 0.309 e. The minimum atomic E-state index is -0.628. The van der Waals surface area contributed by atoms with E-state index in [2.05, 4.69) is 23.8 Å². The number of hydrogen-bond acceptors (Lipinski definition) is 6. The Morgan fingerprint density at radius 1 is 0.850 bits per heavy atom. The van der Waals surface area contributed by atoms with Crippen LogP contribution >= 0.6 is 0 Å². The summed E-state index contributed by atoms with van der Waals surface area (Å²) in [7, 11) is 0. The van der Waals surface area contributed by atoms with Crippen molar-refractivity contribution in [3.05, 3.63) is 97.1 Å². The maximum absolute atomic E-state index is 13.3. The van der Waals surface area contributed by atoms with Crippen LogP contribution in [0, 0.1) is 11.8 Å². The summed E-state index contributed by atoms with van der Waals surface area (Å²) in [6.45, 7) is 8.18. The molecule has 0 heterocycles. The third-order valence-corrected chi connectivity index (χ3v) is 6.27. The number of hydrogen-bond donors (Lipinski definition) is 3. The summed E-state index contributed by atoms with van der Waals surface area (Å²) < 4.78 is 10.9. The maximum atomic E-state index is 13.3. The first kappa shape index (κ1) is 32.5. The van der Waals surface area contributed by atoms with Gasteiger partial charge in [0.05, 0.1) is 37.7 Å². The molecule has 2 amide bonds. The van der Waals surface area contributed by atoms with Crippen LogP contribution < -0.4 is 10.6 Å². The standard InChI is InChI=1S/C32H42N2O6/c1-3-11-27(23-30(36)33-17-19-39-20-18-35)31(37)34-29(22-26-15-9-6-10-16-26)24-40-32(38)28(12-4-2)21-25-13-7-5-8-14-25/h3-10,13-16,27-29,35H,1-2,11-12,17-24H2,(H,33,36)(H,34,37)/t27-,28-,29+/m1/s1. The first-order valence-corrected chi connectivity index (χ1v) is 13.7. The average molecular weight is 551 g/mol. The van der Waals surface area contributed by atoms with Crippen LogP contribution in [0.1, 0.15) is 30.4 Å². The SMILES string of the molecule is C=CC[C@H](CC(=O)NCCOCCO)C(=O)N[C@H](COC(=O)[C@H](CC=C)Cc1ccccc1)Cc1ccccc1. The van der Waals surface area contributed by atoms with E-state index in [0.717, 1.165) is 11.1 Å². The molecule has 0 aliphatic rings. The van der Waals surface area contributed by atoms with Crippen molar-refractivity contribution < 1.29 is 29.0 Å². The van der Waals surface area contributed by atoms with Crippen LogP contribution in [0.2, 0.25) is 0 Å². The molecule has 216 valence electrons. The van der Waals surface area contributed by atoms with Crippen molar-refractivity contribution in [2.45, 2.75) is 38.1 Å². The lowest BCUT2D eigenvalue weighted by Gasteiger charge is -2.23. The fourth-order valence-electron chi connectivity index (χ4n) is 4.24. The zero-order valence-electron chi connectivity index (χ0n) is 23.1. The molecule has 40 heavy (non-hydrogen) atoms. The van der Waals surface area contributed by atoms with Crippen molar-refractivity contribution >= 4 is 17.8 Å². The Kier molecular flexibility index (Phi) is 15.7. The summed E-state index contributed by atoms with van der Waals surface area (Å²) in [5.41, 5.74) is 2.02. The summed E-state index contributed by atoms with van der Waals surface area (Å²) in [5, 5.41) is 14.5. The van der Waals surface area contributed by atoms with Crippen molar-refractivity contribution in [3.8, 4) is 0 Å². The van der Waals surface area contributed by atoms with Gasteiger partial charge in [-0.05, 0) is 36.8 Å². The predicted octanol–water partition coefficient (Wildman–Crippen LogP) is 3.40. The molecule has 8 nitrogen and oxygen atoms in total. The zero-order chi connectivity index (χ0) is 29.0. The molecule has 0 aromatic heterocycles. The zero-order valence-corrected chi connectivity index (χ0v) is 23.1. The molecule has 8 heteroatoms. The molecule has 0 aliphatic heterocycles. The van der Waals surface area contributed by atoms with Gasteiger partial charge < -0.3 is 25.2 Å². The maximum Gasteiger partial charge on any atom is 0.309 e. The Morgan fingerprint density at radius 3 is 2.05 bits per heavy atom. The number of rotatable bonds is 20. The second-order valence-corrected chi connectivity index (χ2v) is 9.55. The van der Waals surface area contributed by atoms with Gasteiger partial charge in [-0.1, -0.05) is 72.8 Å². The Morgan fingerprint density at radius 2 is 1.45 bits per heavy atom. The van der Waals surface area contributed by atoms with Crippen LogP contribution in [0.5, 0.6) is 0 Å². The lowest BCUT2D eigenvalue weighted by molar-refractivity contribution is -0.149. The van der Waals surface area contributed by atoms with E-state index in [4.69, 9.17) is 14.6 Å². The Bertz CT molecular complexity index is 1040. The summed E-state index contributed by atoms with van der Waals surface area (Å²) >= 11 is 0. The highest BCUT2D eigenvalue weighted by Crippen LogP contribution is 2.16. The van der Waals surface area contributed by atoms with Gasteiger partial charge in [0.1, 0.15) is 6.61 Å². The molecule has 2 rings (SSSR count). The monoisotopic (exact) mass is 550 g/mol. The fourth-order valence-corrected chi connectivity index (χ4v) is 4.24. The van der Waals surface area contributed by atoms with Gasteiger partial charge in [-0.15, -0.1) is 13.2 Å². The van der Waals surface area contributed by atoms with E-state index < -0.39 is 12.0 Å². The lowest BCUT2D eigenvalue weighted by atomic mass is 9.96. The van der Waals surface area contributed by atoms with E-state index in [1.807, 2.05) is 60.7 Å². The van der Waals surface area contributed by atoms with Gasteiger partial charge in [0.25, 0.3) is 0 Å². The molecule has 0 radical (unpaired) electrons. The van der Waals surface area contributed by atoms with Gasteiger partial charge in [-0.25, -0.2) is 0 Å². The van der Waals surface area contributed by atoms with Crippen LogP contribution in [-0.4, -0.2) is 61.9 Å². The van der Waals surface area contributed by atoms with Crippen LogP contribution in [0.15, 0.2) is 86.0 Å². The summed E-state index contributed by atoms with van der Waals surface area (Å²) in [4.78, 5) is 38.8. The molecule has 0 saturated heterocycles. The van der Waals surface area contributed by atoms with Crippen LogP contribution in [0.4, 0.5) is 0 Å². The quantitative estimate of drug-likeness (QED) is 0.132. The molecule has 0 unspecified atom stereocenters. The Labute approximate surface area is 237 Å². The highest BCUT2D eigenvalue weighted by molar-refractivity contribution is 5.86. The van der Waals surface area contributed by atoms with Crippen LogP contribution in [0.25, 0.3) is 0 Å². The molecule has 3 N–H and O–H groups in total. The molecule has 0 spiro atoms. The first-order valence-electron chi connectivity index (χ1n) is 13.7. The van der Waals surface area contributed by atoms with E-state index in [1.54, 1.807) is 12.2 Å². The third kappa shape index (κ3) is 12.9. The third-order valence-electron chi connectivity index (χ3n) is 6.27. The average Bonchev–Trinajstić information content (AvgIpc) is 2.96. The Hall–Kier alpha value is -3.75. The summed E-state index contributed by atoms with van der Waals surface area (Å²) in [6, 6.07) is 18.9.